The van der Waals surface area contributed by atoms with E-state index in [4.69, 9.17) is 4.74 Å². The lowest BCUT2D eigenvalue weighted by Crippen LogP contribution is -2.40. The summed E-state index contributed by atoms with van der Waals surface area (Å²) in [6.45, 7) is 5.26. The quantitative estimate of drug-likeness (QED) is 0.590. The second-order valence-electron chi connectivity index (χ2n) is 6.86. The van der Waals surface area contributed by atoms with E-state index in [1.165, 1.54) is 0 Å². The Kier molecular flexibility index (Phi) is 3.31. The van der Waals surface area contributed by atoms with E-state index in [-0.39, 0.29) is 5.92 Å². The number of benzene rings is 1. The first kappa shape index (κ1) is 14.8. The Morgan fingerprint density at radius 2 is 2.00 bits per heavy atom. The van der Waals surface area contributed by atoms with Gasteiger partial charge in [0, 0.05) is 5.92 Å². The van der Waals surface area contributed by atoms with Gasteiger partial charge in [-0.15, -0.1) is 0 Å². The predicted molar refractivity (Wildman–Crippen MR) is 79.0 cm³/mol. The Labute approximate surface area is 129 Å². The highest BCUT2D eigenvalue weighted by atomic mass is 16.6. The van der Waals surface area contributed by atoms with Crippen molar-refractivity contribution >= 4 is 18.3 Å². The van der Waals surface area contributed by atoms with Gasteiger partial charge < -0.3 is 9.53 Å². The van der Waals surface area contributed by atoms with Crippen LogP contribution in [-0.2, 0) is 20.7 Å². The summed E-state index contributed by atoms with van der Waals surface area (Å²) in [6, 6.07) is 7.31. The van der Waals surface area contributed by atoms with Crippen molar-refractivity contribution in [3.8, 4) is 0 Å². The van der Waals surface area contributed by atoms with Gasteiger partial charge in [0.1, 0.15) is 11.9 Å². The highest BCUT2D eigenvalue weighted by molar-refractivity contribution is 6.03. The minimum absolute atomic E-state index is 0.185. The number of carbonyl (C=O) groups is 3. The average Bonchev–Trinajstić information content (AvgIpc) is 2.89. The van der Waals surface area contributed by atoms with E-state index >= 15 is 0 Å². The Balaban J connectivity index is 2.00. The van der Waals surface area contributed by atoms with Crippen LogP contribution in [0.5, 0.6) is 0 Å². The van der Waals surface area contributed by atoms with Gasteiger partial charge in [-0.25, -0.2) is 9.69 Å². The SMILES string of the molecule is CC(C)(C)OC(=O)N1C(=O)C(C=O)C2Cc3ccccc3C21. The second-order valence-corrected chi connectivity index (χ2v) is 6.86. The van der Waals surface area contributed by atoms with E-state index < -0.39 is 29.6 Å². The summed E-state index contributed by atoms with van der Waals surface area (Å²) >= 11 is 0. The molecule has 3 rings (SSSR count). The maximum atomic E-state index is 12.5. The number of ether oxygens (including phenoxy) is 1. The van der Waals surface area contributed by atoms with Gasteiger partial charge in [-0.05, 0) is 38.3 Å². The summed E-state index contributed by atoms with van der Waals surface area (Å²) in [5.74, 6) is -1.41. The van der Waals surface area contributed by atoms with Crippen LogP contribution < -0.4 is 0 Å². The molecule has 2 aliphatic rings. The molecule has 0 spiro atoms. The van der Waals surface area contributed by atoms with Gasteiger partial charge in [0.2, 0.25) is 5.91 Å². The maximum absolute atomic E-state index is 12.5. The van der Waals surface area contributed by atoms with Gasteiger partial charge in [0.05, 0.1) is 12.0 Å². The van der Waals surface area contributed by atoms with E-state index in [0.29, 0.717) is 12.7 Å². The molecule has 1 aromatic rings. The van der Waals surface area contributed by atoms with Gasteiger partial charge >= 0.3 is 6.09 Å². The Bertz CT molecular complexity index is 646. The van der Waals surface area contributed by atoms with Crippen molar-refractivity contribution in [2.45, 2.75) is 38.8 Å². The first-order valence-corrected chi connectivity index (χ1v) is 7.42. The average molecular weight is 301 g/mol. The Morgan fingerprint density at radius 1 is 1.32 bits per heavy atom. The standard InChI is InChI=1S/C17H19NO4/c1-17(2,3)22-16(21)18-14-11-7-5-4-6-10(11)8-12(14)13(9-19)15(18)20/h4-7,9,12-14H,8H2,1-3H3. The summed E-state index contributed by atoms with van der Waals surface area (Å²) in [4.78, 5) is 37.4. The van der Waals surface area contributed by atoms with E-state index in [2.05, 4.69) is 0 Å². The van der Waals surface area contributed by atoms with Crippen LogP contribution in [0.15, 0.2) is 24.3 Å². The molecule has 0 bridgehead atoms. The summed E-state index contributed by atoms with van der Waals surface area (Å²) in [7, 11) is 0. The van der Waals surface area contributed by atoms with Crippen LogP contribution in [-0.4, -0.2) is 28.8 Å². The molecule has 22 heavy (non-hydrogen) atoms. The highest BCUT2D eigenvalue weighted by Gasteiger charge is 2.55. The fraction of sp³-hybridized carbons (Fsp3) is 0.471. The molecule has 0 saturated carbocycles. The lowest BCUT2D eigenvalue weighted by Gasteiger charge is -2.27. The van der Waals surface area contributed by atoms with E-state index in [1.807, 2.05) is 24.3 Å². The van der Waals surface area contributed by atoms with Crippen LogP contribution in [0.2, 0.25) is 0 Å². The van der Waals surface area contributed by atoms with Crippen molar-refractivity contribution in [3.63, 3.8) is 0 Å². The normalized spacial score (nSPS) is 26.6. The molecule has 5 heteroatoms. The largest absolute Gasteiger partial charge is 0.443 e. The summed E-state index contributed by atoms with van der Waals surface area (Å²) in [6.07, 6.45) is 0.625. The van der Waals surface area contributed by atoms with E-state index in [0.717, 1.165) is 16.0 Å². The number of carbonyl (C=O) groups excluding carboxylic acids is 3. The predicted octanol–water partition coefficient (Wildman–Crippen LogP) is 2.49. The number of likely N-dealkylation sites (tertiary alicyclic amines) is 1. The molecule has 0 radical (unpaired) electrons. The van der Waals surface area contributed by atoms with Crippen molar-refractivity contribution in [3.05, 3.63) is 35.4 Å². The fourth-order valence-corrected chi connectivity index (χ4v) is 3.41. The number of fused-ring (bicyclic) bond motifs is 3. The van der Waals surface area contributed by atoms with Gasteiger partial charge in [-0.1, -0.05) is 24.3 Å². The molecule has 1 aliphatic carbocycles. The number of aldehydes is 1. The molecule has 1 saturated heterocycles. The third-order valence-electron chi connectivity index (χ3n) is 4.23. The number of hydrogen-bond donors (Lipinski definition) is 0. The summed E-state index contributed by atoms with van der Waals surface area (Å²) in [5, 5.41) is 0. The molecular formula is C17H19NO4. The number of nitrogens with zero attached hydrogens (tertiary/aromatic N) is 1. The fourth-order valence-electron chi connectivity index (χ4n) is 3.41. The van der Waals surface area contributed by atoms with Gasteiger partial charge in [-0.3, -0.25) is 4.79 Å². The first-order valence-electron chi connectivity index (χ1n) is 7.42. The van der Waals surface area contributed by atoms with Crippen molar-refractivity contribution < 1.29 is 19.1 Å². The van der Waals surface area contributed by atoms with Crippen molar-refractivity contribution in [2.75, 3.05) is 0 Å². The maximum Gasteiger partial charge on any atom is 0.417 e. The number of rotatable bonds is 1. The molecule has 1 fully saturated rings. The van der Waals surface area contributed by atoms with E-state index in [1.54, 1.807) is 20.8 Å². The molecule has 3 atom stereocenters. The van der Waals surface area contributed by atoms with Crippen LogP contribution in [0.4, 0.5) is 4.79 Å². The Morgan fingerprint density at radius 3 is 2.64 bits per heavy atom. The third kappa shape index (κ3) is 2.21. The lowest BCUT2D eigenvalue weighted by atomic mass is 9.92. The summed E-state index contributed by atoms with van der Waals surface area (Å²) < 4.78 is 5.36. The van der Waals surface area contributed by atoms with Gasteiger partial charge in [0.25, 0.3) is 0 Å². The highest BCUT2D eigenvalue weighted by Crippen LogP contribution is 2.49. The molecule has 116 valence electrons. The van der Waals surface area contributed by atoms with Crippen molar-refractivity contribution in [1.82, 2.24) is 4.90 Å². The molecular weight excluding hydrogens is 282 g/mol. The number of amides is 2. The number of imide groups is 1. The lowest BCUT2D eigenvalue weighted by molar-refractivity contribution is -0.133. The minimum Gasteiger partial charge on any atom is -0.443 e. The first-order chi connectivity index (χ1) is 10.3. The van der Waals surface area contributed by atoms with Crippen LogP contribution in [0.1, 0.15) is 37.9 Å². The molecule has 1 aliphatic heterocycles. The molecule has 0 N–H and O–H groups in total. The van der Waals surface area contributed by atoms with Gasteiger partial charge in [-0.2, -0.15) is 0 Å². The zero-order valence-electron chi connectivity index (χ0n) is 12.9. The van der Waals surface area contributed by atoms with Crippen LogP contribution >= 0.6 is 0 Å². The summed E-state index contributed by atoms with van der Waals surface area (Å²) in [5.41, 5.74) is 1.34. The molecule has 3 unspecified atom stereocenters. The Hall–Kier alpha value is -2.17. The van der Waals surface area contributed by atoms with Crippen LogP contribution in [0.3, 0.4) is 0 Å². The topological polar surface area (TPSA) is 63.7 Å². The zero-order valence-corrected chi connectivity index (χ0v) is 12.9. The number of hydrogen-bond acceptors (Lipinski definition) is 4. The smallest absolute Gasteiger partial charge is 0.417 e. The second kappa shape index (κ2) is 4.93. The zero-order chi connectivity index (χ0) is 16.1. The molecule has 1 heterocycles. The third-order valence-corrected chi connectivity index (χ3v) is 4.23. The minimum atomic E-state index is -0.773. The molecule has 5 nitrogen and oxygen atoms in total. The van der Waals surface area contributed by atoms with Crippen LogP contribution in [0.25, 0.3) is 0 Å². The van der Waals surface area contributed by atoms with Crippen molar-refractivity contribution in [1.29, 1.82) is 0 Å². The van der Waals surface area contributed by atoms with Crippen LogP contribution in [0, 0.1) is 11.8 Å². The molecule has 1 aromatic carbocycles. The molecule has 2 amide bonds. The molecule has 0 aromatic heterocycles. The van der Waals surface area contributed by atoms with E-state index in [9.17, 15) is 14.4 Å². The van der Waals surface area contributed by atoms with Crippen molar-refractivity contribution in [2.24, 2.45) is 11.8 Å². The van der Waals surface area contributed by atoms with Gasteiger partial charge in [0.15, 0.2) is 0 Å². The monoisotopic (exact) mass is 301 g/mol.